The van der Waals surface area contributed by atoms with E-state index in [1.807, 2.05) is 20.8 Å². The zero-order valence-electron chi connectivity index (χ0n) is 14.7. The minimum atomic E-state index is -0.691. The van der Waals surface area contributed by atoms with Crippen LogP contribution in [0.4, 0.5) is 4.79 Å². The molecular formula is C18H24N2O5. The van der Waals surface area contributed by atoms with Crippen molar-refractivity contribution in [1.29, 1.82) is 0 Å². The zero-order chi connectivity index (χ0) is 18.7. The number of urea groups is 1. The van der Waals surface area contributed by atoms with E-state index in [4.69, 9.17) is 9.47 Å². The molecule has 0 heterocycles. The maximum Gasteiger partial charge on any atom is 0.331 e. The molecule has 136 valence electrons. The van der Waals surface area contributed by atoms with Crippen LogP contribution in [-0.4, -0.2) is 37.2 Å². The summed E-state index contributed by atoms with van der Waals surface area (Å²) in [6.07, 6.45) is 3.51. The number of carbonyl (C=O) groups is 3. The molecule has 0 aromatic heterocycles. The molecule has 1 atom stereocenters. The summed E-state index contributed by atoms with van der Waals surface area (Å²) >= 11 is 0. The van der Waals surface area contributed by atoms with Gasteiger partial charge in [-0.25, -0.2) is 9.59 Å². The Morgan fingerprint density at radius 2 is 1.84 bits per heavy atom. The number of ether oxygens (including phenoxy) is 2. The normalized spacial score (nSPS) is 11.6. The summed E-state index contributed by atoms with van der Waals surface area (Å²) in [6.45, 7) is 5.67. The average molecular weight is 348 g/mol. The molecule has 0 fully saturated rings. The van der Waals surface area contributed by atoms with E-state index in [2.05, 4.69) is 10.6 Å². The first-order valence-electron chi connectivity index (χ1n) is 8.12. The van der Waals surface area contributed by atoms with Crippen LogP contribution >= 0.6 is 0 Å². The van der Waals surface area contributed by atoms with Crippen LogP contribution in [0.5, 0.6) is 5.75 Å². The predicted octanol–water partition coefficient (Wildman–Crippen LogP) is 2.27. The smallest absolute Gasteiger partial charge is 0.331 e. The predicted molar refractivity (Wildman–Crippen MR) is 94.0 cm³/mol. The Hall–Kier alpha value is -2.83. The largest absolute Gasteiger partial charge is 0.494 e. The van der Waals surface area contributed by atoms with Crippen LogP contribution < -0.4 is 15.4 Å². The van der Waals surface area contributed by atoms with Gasteiger partial charge in [0.1, 0.15) is 5.75 Å². The van der Waals surface area contributed by atoms with Crippen molar-refractivity contribution in [2.75, 3.05) is 13.2 Å². The van der Waals surface area contributed by atoms with Crippen molar-refractivity contribution in [1.82, 2.24) is 10.6 Å². The fourth-order valence-corrected chi connectivity index (χ4v) is 1.72. The molecule has 7 heteroatoms. The highest BCUT2D eigenvalue weighted by Gasteiger charge is 2.11. The van der Waals surface area contributed by atoms with Gasteiger partial charge in [-0.05, 0) is 44.0 Å². The van der Waals surface area contributed by atoms with Crippen LogP contribution in [0.1, 0.15) is 32.8 Å². The van der Waals surface area contributed by atoms with E-state index < -0.39 is 24.5 Å². The Kier molecular flexibility index (Phi) is 8.78. The van der Waals surface area contributed by atoms with Gasteiger partial charge in [-0.15, -0.1) is 0 Å². The number of benzene rings is 1. The van der Waals surface area contributed by atoms with Crippen molar-refractivity contribution >= 4 is 24.0 Å². The second-order valence-electron chi connectivity index (χ2n) is 5.27. The summed E-state index contributed by atoms with van der Waals surface area (Å²) < 4.78 is 10.1. The average Bonchev–Trinajstić information content (AvgIpc) is 2.59. The molecule has 25 heavy (non-hydrogen) atoms. The van der Waals surface area contributed by atoms with Crippen LogP contribution in [0.15, 0.2) is 30.3 Å². The van der Waals surface area contributed by atoms with Crippen LogP contribution in [-0.2, 0) is 14.3 Å². The van der Waals surface area contributed by atoms with Crippen molar-refractivity contribution < 1.29 is 23.9 Å². The number of hydrogen-bond donors (Lipinski definition) is 2. The third kappa shape index (κ3) is 8.55. The SMILES string of the molecule is CCOc1ccc(/C=C/C(=O)OCC(=O)NC(=O)N[C@H](C)CC)cc1. The van der Waals surface area contributed by atoms with Gasteiger partial charge in [-0.3, -0.25) is 10.1 Å². The maximum absolute atomic E-state index is 11.6. The Morgan fingerprint density at radius 1 is 1.16 bits per heavy atom. The van der Waals surface area contributed by atoms with Crippen LogP contribution in [0.25, 0.3) is 6.08 Å². The van der Waals surface area contributed by atoms with Crippen LogP contribution in [0, 0.1) is 0 Å². The van der Waals surface area contributed by atoms with E-state index in [-0.39, 0.29) is 6.04 Å². The van der Waals surface area contributed by atoms with Crippen molar-refractivity contribution in [2.24, 2.45) is 0 Å². The molecule has 1 rings (SSSR count). The molecule has 0 aliphatic carbocycles. The van der Waals surface area contributed by atoms with Crippen molar-refractivity contribution in [2.45, 2.75) is 33.2 Å². The molecule has 0 radical (unpaired) electrons. The van der Waals surface area contributed by atoms with E-state index in [0.717, 1.165) is 17.7 Å². The summed E-state index contributed by atoms with van der Waals surface area (Å²) in [5, 5.41) is 4.66. The number of esters is 1. The Morgan fingerprint density at radius 3 is 2.44 bits per heavy atom. The highest BCUT2D eigenvalue weighted by Crippen LogP contribution is 2.13. The van der Waals surface area contributed by atoms with Crippen molar-refractivity contribution in [3.05, 3.63) is 35.9 Å². The molecule has 1 aromatic carbocycles. The fourth-order valence-electron chi connectivity index (χ4n) is 1.72. The molecule has 7 nitrogen and oxygen atoms in total. The molecule has 0 saturated carbocycles. The number of imide groups is 1. The van der Waals surface area contributed by atoms with E-state index in [0.29, 0.717) is 6.61 Å². The lowest BCUT2D eigenvalue weighted by Crippen LogP contribution is -2.44. The summed E-state index contributed by atoms with van der Waals surface area (Å²) in [5.41, 5.74) is 0.790. The standard InChI is InChI=1S/C18H24N2O5/c1-4-13(3)19-18(23)20-16(21)12-25-17(22)11-8-14-6-9-15(10-7-14)24-5-2/h6-11,13H,4-5,12H2,1-3H3,(H2,19,20,21,23)/b11-8+/t13-/m1/s1. The van der Waals surface area contributed by atoms with E-state index in [1.165, 1.54) is 6.08 Å². The van der Waals surface area contributed by atoms with Gasteiger partial charge >= 0.3 is 12.0 Å². The lowest BCUT2D eigenvalue weighted by molar-refractivity contribution is -0.143. The number of carbonyl (C=O) groups excluding carboxylic acids is 3. The summed E-state index contributed by atoms with van der Waals surface area (Å²) in [5.74, 6) is -0.621. The lowest BCUT2D eigenvalue weighted by Gasteiger charge is -2.11. The zero-order valence-corrected chi connectivity index (χ0v) is 14.7. The number of nitrogens with one attached hydrogen (secondary N) is 2. The van der Waals surface area contributed by atoms with E-state index >= 15 is 0 Å². The van der Waals surface area contributed by atoms with Crippen molar-refractivity contribution in [3.8, 4) is 5.75 Å². The first kappa shape index (κ1) is 20.2. The van der Waals surface area contributed by atoms with Crippen LogP contribution in [0.2, 0.25) is 0 Å². The Bertz CT molecular complexity index is 610. The van der Waals surface area contributed by atoms with Gasteiger partial charge in [0, 0.05) is 12.1 Å². The summed E-state index contributed by atoms with van der Waals surface area (Å²) in [7, 11) is 0. The van der Waals surface area contributed by atoms with Gasteiger partial charge in [-0.2, -0.15) is 0 Å². The third-order valence-corrected chi connectivity index (χ3v) is 3.19. The van der Waals surface area contributed by atoms with Gasteiger partial charge in [0.2, 0.25) is 0 Å². The Labute approximate surface area is 147 Å². The van der Waals surface area contributed by atoms with Crippen molar-refractivity contribution in [3.63, 3.8) is 0 Å². The first-order chi connectivity index (χ1) is 11.9. The van der Waals surface area contributed by atoms with E-state index in [9.17, 15) is 14.4 Å². The van der Waals surface area contributed by atoms with Gasteiger partial charge in [0.05, 0.1) is 6.61 Å². The minimum absolute atomic E-state index is 0.0487. The molecule has 0 aliphatic rings. The first-order valence-corrected chi connectivity index (χ1v) is 8.12. The lowest BCUT2D eigenvalue weighted by atomic mass is 10.2. The maximum atomic E-state index is 11.6. The molecule has 0 bridgehead atoms. The molecule has 0 unspecified atom stereocenters. The highest BCUT2D eigenvalue weighted by molar-refractivity contribution is 5.96. The molecule has 0 aliphatic heterocycles. The monoisotopic (exact) mass is 348 g/mol. The van der Waals surface area contributed by atoms with Gasteiger partial charge in [0.25, 0.3) is 5.91 Å². The molecule has 3 amide bonds. The topological polar surface area (TPSA) is 93.7 Å². The second-order valence-corrected chi connectivity index (χ2v) is 5.27. The van der Waals surface area contributed by atoms with Gasteiger partial charge < -0.3 is 14.8 Å². The third-order valence-electron chi connectivity index (χ3n) is 3.19. The van der Waals surface area contributed by atoms with Crippen LogP contribution in [0.3, 0.4) is 0 Å². The summed E-state index contributed by atoms with van der Waals surface area (Å²) in [6, 6.07) is 6.50. The van der Waals surface area contributed by atoms with Gasteiger partial charge in [-0.1, -0.05) is 19.1 Å². The minimum Gasteiger partial charge on any atom is -0.494 e. The molecule has 2 N–H and O–H groups in total. The highest BCUT2D eigenvalue weighted by atomic mass is 16.5. The summed E-state index contributed by atoms with van der Waals surface area (Å²) in [4.78, 5) is 34.5. The number of hydrogen-bond acceptors (Lipinski definition) is 5. The number of rotatable bonds is 8. The quantitative estimate of drug-likeness (QED) is 0.555. The molecule has 1 aromatic rings. The Balaban J connectivity index is 2.36. The number of amides is 3. The van der Waals surface area contributed by atoms with E-state index in [1.54, 1.807) is 30.3 Å². The molecule has 0 saturated heterocycles. The molecule has 0 spiro atoms. The second kappa shape index (κ2) is 10.9. The molecular weight excluding hydrogens is 324 g/mol. The van der Waals surface area contributed by atoms with Gasteiger partial charge in [0.15, 0.2) is 6.61 Å². The fraction of sp³-hybridized carbons (Fsp3) is 0.389.